The van der Waals surface area contributed by atoms with Crippen LogP contribution in [0.25, 0.3) is 0 Å². The van der Waals surface area contributed by atoms with Crippen LogP contribution in [0, 0.1) is 20.8 Å². The third kappa shape index (κ3) is 7.45. The predicted octanol–water partition coefficient (Wildman–Crippen LogP) is 0.496. The first-order valence-corrected chi connectivity index (χ1v) is 13.8. The number of amides is 1. The smallest absolute Gasteiger partial charge is 0.323 e. The average Bonchev–Trinajstić information content (AvgIpc) is 3.47. The zero-order valence-electron chi connectivity index (χ0n) is 20.4. The number of hydrogen-bond donors (Lipinski definition) is 5. The topological polar surface area (TPSA) is 175 Å². The first-order valence-electron chi connectivity index (χ1n) is 11.5. The maximum Gasteiger partial charge on any atom is 0.323 e. The number of aliphatic carboxylic acids is 1. The highest BCUT2D eigenvalue weighted by Crippen LogP contribution is 2.22. The van der Waals surface area contributed by atoms with Crippen molar-refractivity contribution in [1.82, 2.24) is 30.9 Å². The number of carbonyl (C=O) groups excluding carboxylic acids is 1. The molecular weight excluding hydrogens is 506 g/mol. The predicted molar refractivity (Wildman–Crippen MR) is 136 cm³/mol. The quantitative estimate of drug-likeness (QED) is 0.241. The zero-order valence-corrected chi connectivity index (χ0v) is 22.1. The SMILES string of the molecule is Cc1cc(C)c(S(=O)(=O)N[C@@H](CNC(=O)c2nnc(CCCCNC3=NCCN3)s2)C(=O)O)c(C)c1. The number of aromatic nitrogens is 2. The Morgan fingerprint density at radius 2 is 1.89 bits per heavy atom. The number of carbonyl (C=O) groups is 2. The average molecular weight is 538 g/mol. The molecule has 2 heterocycles. The molecule has 5 N–H and O–H groups in total. The number of rotatable bonds is 12. The van der Waals surface area contributed by atoms with Gasteiger partial charge >= 0.3 is 5.97 Å². The molecule has 0 fully saturated rings. The maximum atomic E-state index is 12.9. The number of carboxylic acids is 1. The molecule has 1 aliphatic rings. The summed E-state index contributed by atoms with van der Waals surface area (Å²) >= 11 is 1.12. The second kappa shape index (κ2) is 12.2. The van der Waals surface area contributed by atoms with Crippen LogP contribution in [0.15, 0.2) is 22.0 Å². The number of aliphatic imine (C=N–C) groups is 1. The molecule has 0 saturated heterocycles. The van der Waals surface area contributed by atoms with E-state index in [1.54, 1.807) is 26.0 Å². The summed E-state index contributed by atoms with van der Waals surface area (Å²) in [6.07, 6.45) is 2.39. The van der Waals surface area contributed by atoms with E-state index in [0.29, 0.717) is 22.6 Å². The Hall–Kier alpha value is -3.10. The first-order chi connectivity index (χ1) is 17.1. The number of nitrogens with one attached hydrogen (secondary N) is 4. The Balaban J connectivity index is 1.51. The van der Waals surface area contributed by atoms with E-state index in [9.17, 15) is 23.1 Å². The molecule has 3 rings (SSSR count). The molecule has 12 nitrogen and oxygen atoms in total. The lowest BCUT2D eigenvalue weighted by Crippen LogP contribution is -2.48. The Labute approximate surface area is 214 Å². The van der Waals surface area contributed by atoms with Crippen molar-refractivity contribution >= 4 is 39.2 Å². The molecule has 196 valence electrons. The molecule has 0 saturated carbocycles. The molecule has 1 amide bonds. The van der Waals surface area contributed by atoms with Crippen LogP contribution in [0.5, 0.6) is 0 Å². The van der Waals surface area contributed by atoms with Gasteiger partial charge in [0.05, 0.1) is 11.4 Å². The monoisotopic (exact) mass is 537 g/mol. The van der Waals surface area contributed by atoms with Crippen molar-refractivity contribution in [3.63, 3.8) is 0 Å². The molecule has 0 bridgehead atoms. The number of unbranched alkanes of at least 4 members (excludes halogenated alkanes) is 1. The van der Waals surface area contributed by atoms with E-state index in [1.165, 1.54) is 0 Å². The lowest BCUT2D eigenvalue weighted by atomic mass is 10.1. The molecule has 2 aromatic rings. The van der Waals surface area contributed by atoms with Gasteiger partial charge in [0, 0.05) is 26.1 Å². The van der Waals surface area contributed by atoms with E-state index in [0.717, 1.165) is 55.3 Å². The summed E-state index contributed by atoms with van der Waals surface area (Å²) < 4.78 is 28.0. The van der Waals surface area contributed by atoms with Gasteiger partial charge in [-0.15, -0.1) is 10.2 Å². The van der Waals surface area contributed by atoms with Crippen LogP contribution in [-0.4, -0.2) is 73.8 Å². The number of nitrogens with zero attached hydrogens (tertiary/aromatic N) is 3. The maximum absolute atomic E-state index is 12.9. The largest absolute Gasteiger partial charge is 0.480 e. The standard InChI is InChI=1S/C22H31N7O5S2/c1-13-10-14(2)18(15(3)11-13)36(33,34)29-16(21(31)32)12-26-19(30)20-28-27-17(35-20)6-4-5-7-23-22-24-8-9-25-22/h10-11,16,29H,4-9,12H2,1-3H3,(H,26,30)(H,31,32)(H2,23,24,25)/t16-/m0/s1. The summed E-state index contributed by atoms with van der Waals surface area (Å²) in [5.74, 6) is -1.21. The Morgan fingerprint density at radius 3 is 2.53 bits per heavy atom. The third-order valence-electron chi connectivity index (χ3n) is 5.38. The number of hydrogen-bond acceptors (Lipinski definition) is 10. The van der Waals surface area contributed by atoms with Crippen LogP contribution >= 0.6 is 11.3 Å². The van der Waals surface area contributed by atoms with E-state index in [4.69, 9.17) is 0 Å². The molecule has 0 unspecified atom stereocenters. The first kappa shape index (κ1) is 27.5. The molecule has 36 heavy (non-hydrogen) atoms. The minimum absolute atomic E-state index is 0.0298. The molecule has 14 heteroatoms. The number of aryl methyl sites for hydroxylation is 4. The van der Waals surface area contributed by atoms with Crippen molar-refractivity contribution < 1.29 is 23.1 Å². The highest BCUT2D eigenvalue weighted by Gasteiger charge is 2.28. The number of carboxylic acid groups (broad SMARTS) is 1. The van der Waals surface area contributed by atoms with Gasteiger partial charge in [-0.05, 0) is 44.7 Å². The minimum atomic E-state index is -4.14. The van der Waals surface area contributed by atoms with Crippen molar-refractivity contribution in [2.75, 3.05) is 26.2 Å². The highest BCUT2D eigenvalue weighted by molar-refractivity contribution is 7.89. The molecule has 1 aromatic carbocycles. The van der Waals surface area contributed by atoms with Gasteiger partial charge in [-0.25, -0.2) is 8.42 Å². The van der Waals surface area contributed by atoms with E-state index in [2.05, 4.69) is 35.9 Å². The van der Waals surface area contributed by atoms with Crippen LogP contribution in [0.1, 0.15) is 44.3 Å². The van der Waals surface area contributed by atoms with Crippen LogP contribution < -0.4 is 20.7 Å². The summed E-state index contributed by atoms with van der Waals surface area (Å²) in [6.45, 7) is 7.10. The van der Waals surface area contributed by atoms with E-state index in [-0.39, 0.29) is 9.90 Å². The van der Waals surface area contributed by atoms with Gasteiger partial charge in [-0.2, -0.15) is 4.72 Å². The van der Waals surface area contributed by atoms with Crippen LogP contribution in [0.4, 0.5) is 0 Å². The molecule has 0 radical (unpaired) electrons. The molecule has 0 spiro atoms. The Kier molecular flexibility index (Phi) is 9.34. The molecule has 0 aliphatic carbocycles. The lowest BCUT2D eigenvalue weighted by Gasteiger charge is -2.18. The van der Waals surface area contributed by atoms with Gasteiger partial charge in [0.1, 0.15) is 11.0 Å². The van der Waals surface area contributed by atoms with Gasteiger partial charge in [0.25, 0.3) is 5.91 Å². The summed E-state index contributed by atoms with van der Waals surface area (Å²) in [7, 11) is -4.14. The van der Waals surface area contributed by atoms with Crippen molar-refractivity contribution in [2.24, 2.45) is 4.99 Å². The second-order valence-corrected chi connectivity index (χ2v) is 11.2. The normalized spacial score (nSPS) is 14.1. The summed E-state index contributed by atoms with van der Waals surface area (Å²) in [5.41, 5.74) is 1.92. The molecular formula is C22H31N7O5S2. The van der Waals surface area contributed by atoms with Gasteiger partial charge in [0.15, 0.2) is 5.96 Å². The summed E-state index contributed by atoms with van der Waals surface area (Å²) in [4.78, 5) is 28.5. The van der Waals surface area contributed by atoms with Crippen LogP contribution in [-0.2, 0) is 21.2 Å². The number of guanidine groups is 1. The van der Waals surface area contributed by atoms with Crippen molar-refractivity contribution in [3.05, 3.63) is 38.8 Å². The van der Waals surface area contributed by atoms with E-state index < -0.39 is 34.5 Å². The molecule has 1 aliphatic heterocycles. The fourth-order valence-electron chi connectivity index (χ4n) is 3.86. The van der Waals surface area contributed by atoms with Gasteiger partial charge < -0.3 is 21.1 Å². The number of sulfonamides is 1. The fraction of sp³-hybridized carbons (Fsp3) is 0.500. The fourth-order valence-corrected chi connectivity index (χ4v) is 6.30. The Morgan fingerprint density at radius 1 is 1.17 bits per heavy atom. The summed E-state index contributed by atoms with van der Waals surface area (Å²) in [5, 5.41) is 27.0. The number of benzene rings is 1. The highest BCUT2D eigenvalue weighted by atomic mass is 32.2. The minimum Gasteiger partial charge on any atom is -0.480 e. The van der Waals surface area contributed by atoms with Crippen LogP contribution in [0.3, 0.4) is 0 Å². The molecule has 1 atom stereocenters. The van der Waals surface area contributed by atoms with Crippen molar-refractivity contribution in [2.45, 2.75) is 51.0 Å². The Bertz CT molecular complexity index is 1220. The summed E-state index contributed by atoms with van der Waals surface area (Å²) in [6, 6.07) is 1.87. The van der Waals surface area contributed by atoms with Crippen molar-refractivity contribution in [1.29, 1.82) is 0 Å². The van der Waals surface area contributed by atoms with Crippen molar-refractivity contribution in [3.8, 4) is 0 Å². The van der Waals surface area contributed by atoms with Gasteiger partial charge in [-0.1, -0.05) is 29.0 Å². The lowest BCUT2D eigenvalue weighted by molar-refractivity contribution is -0.138. The third-order valence-corrected chi connectivity index (χ3v) is 8.14. The van der Waals surface area contributed by atoms with E-state index in [1.807, 2.05) is 6.92 Å². The van der Waals surface area contributed by atoms with Gasteiger partial charge in [0.2, 0.25) is 15.0 Å². The van der Waals surface area contributed by atoms with Gasteiger partial charge in [-0.3, -0.25) is 14.6 Å². The second-order valence-electron chi connectivity index (χ2n) is 8.49. The zero-order chi connectivity index (χ0) is 26.3. The van der Waals surface area contributed by atoms with E-state index >= 15 is 0 Å². The molecule has 1 aromatic heterocycles. The van der Waals surface area contributed by atoms with Crippen LogP contribution in [0.2, 0.25) is 0 Å².